The summed E-state index contributed by atoms with van der Waals surface area (Å²) in [6.07, 6.45) is -0.554. The van der Waals surface area contributed by atoms with Gasteiger partial charge in [-0.25, -0.2) is 0 Å². The molecule has 5 heteroatoms. The fraction of sp³-hybridized carbons (Fsp3) is 0.231. The van der Waals surface area contributed by atoms with Gasteiger partial charge in [0.2, 0.25) is 0 Å². The molecule has 0 aliphatic carbocycles. The van der Waals surface area contributed by atoms with Crippen molar-refractivity contribution in [3.8, 4) is 11.5 Å². The fourth-order valence-electron chi connectivity index (χ4n) is 2.91. The molecule has 31 heavy (non-hydrogen) atoms. The van der Waals surface area contributed by atoms with Crippen LogP contribution in [0.4, 0.5) is 13.2 Å². The van der Waals surface area contributed by atoms with E-state index in [1.165, 1.54) is 12.1 Å². The first-order valence-corrected chi connectivity index (χ1v) is 9.97. The molecule has 0 fully saturated rings. The number of hydrogen-bond donors (Lipinski definition) is 0. The van der Waals surface area contributed by atoms with Gasteiger partial charge in [-0.3, -0.25) is 0 Å². The molecule has 0 aromatic heterocycles. The predicted molar refractivity (Wildman–Crippen MR) is 117 cm³/mol. The fourth-order valence-corrected chi connectivity index (χ4v) is 2.91. The quantitative estimate of drug-likeness (QED) is 0.366. The minimum Gasteiger partial charge on any atom is -0.457 e. The van der Waals surface area contributed by atoms with Crippen molar-refractivity contribution >= 4 is 6.08 Å². The lowest BCUT2D eigenvalue weighted by Gasteiger charge is -2.20. The lowest BCUT2D eigenvalue weighted by molar-refractivity contribution is -0.137. The molecule has 0 heterocycles. The first-order chi connectivity index (χ1) is 14.7. The van der Waals surface area contributed by atoms with Crippen molar-refractivity contribution in [3.05, 3.63) is 102 Å². The number of halogens is 3. The van der Waals surface area contributed by atoms with Crippen molar-refractivity contribution < 1.29 is 22.6 Å². The molecular formula is C26H25F3O2. The van der Waals surface area contributed by atoms with E-state index in [0.717, 1.165) is 29.2 Å². The van der Waals surface area contributed by atoms with Gasteiger partial charge in [0.05, 0.1) is 18.8 Å². The van der Waals surface area contributed by atoms with Crippen LogP contribution in [0.3, 0.4) is 0 Å². The molecule has 0 aliphatic heterocycles. The molecule has 2 nitrogen and oxygen atoms in total. The van der Waals surface area contributed by atoms with Crippen LogP contribution in [-0.4, -0.2) is 6.61 Å². The lowest BCUT2D eigenvalue weighted by atomic mass is 9.93. The maximum Gasteiger partial charge on any atom is 0.416 e. The average molecular weight is 426 g/mol. The van der Waals surface area contributed by atoms with Crippen molar-refractivity contribution in [1.29, 1.82) is 0 Å². The first-order valence-electron chi connectivity index (χ1n) is 9.97. The summed E-state index contributed by atoms with van der Waals surface area (Å²) in [5, 5.41) is 0. The van der Waals surface area contributed by atoms with E-state index in [1.54, 1.807) is 0 Å². The Balaban J connectivity index is 1.52. The average Bonchev–Trinajstić information content (AvgIpc) is 2.73. The molecule has 162 valence electrons. The van der Waals surface area contributed by atoms with Gasteiger partial charge in [0.15, 0.2) is 0 Å². The molecule has 0 bridgehead atoms. The minimum atomic E-state index is -4.32. The van der Waals surface area contributed by atoms with Gasteiger partial charge in [0.25, 0.3) is 0 Å². The molecule has 3 aromatic rings. The molecule has 0 aliphatic rings. The SMILES string of the molecule is CC(C)(/C=C/c1ccc(C(F)(F)F)cc1)COCc1cccc(Oc2ccccc2)c1. The van der Waals surface area contributed by atoms with Crippen molar-refractivity contribution in [3.63, 3.8) is 0 Å². The van der Waals surface area contributed by atoms with Gasteiger partial charge in [0, 0.05) is 5.41 Å². The van der Waals surface area contributed by atoms with Crippen LogP contribution in [0.1, 0.15) is 30.5 Å². The molecular weight excluding hydrogens is 401 g/mol. The third-order valence-electron chi connectivity index (χ3n) is 4.59. The topological polar surface area (TPSA) is 18.5 Å². The monoisotopic (exact) mass is 426 g/mol. The largest absolute Gasteiger partial charge is 0.457 e. The second-order valence-electron chi connectivity index (χ2n) is 8.00. The van der Waals surface area contributed by atoms with Gasteiger partial charge in [-0.15, -0.1) is 0 Å². The minimum absolute atomic E-state index is 0.277. The highest BCUT2D eigenvalue weighted by Crippen LogP contribution is 2.29. The molecule has 3 rings (SSSR count). The van der Waals surface area contributed by atoms with Crippen LogP contribution in [0.25, 0.3) is 6.08 Å². The summed E-state index contributed by atoms with van der Waals surface area (Å²) in [4.78, 5) is 0. The Kier molecular flexibility index (Phi) is 7.18. The summed E-state index contributed by atoms with van der Waals surface area (Å²) >= 11 is 0. The van der Waals surface area contributed by atoms with Crippen molar-refractivity contribution in [2.24, 2.45) is 5.41 Å². The van der Waals surface area contributed by atoms with Crippen LogP contribution in [0.5, 0.6) is 11.5 Å². The third kappa shape index (κ3) is 7.30. The molecule has 0 saturated heterocycles. The number of ether oxygens (including phenoxy) is 2. The van der Waals surface area contributed by atoms with Gasteiger partial charge >= 0.3 is 6.18 Å². The standard InChI is InChI=1S/C26H25F3O2/c1-25(2,16-15-20-11-13-22(14-12-20)26(27,28)29)19-30-18-21-7-6-10-24(17-21)31-23-8-4-3-5-9-23/h3-17H,18-19H2,1-2H3/b16-15+. The normalized spacial score (nSPS) is 12.3. The summed E-state index contributed by atoms with van der Waals surface area (Å²) in [5.41, 5.74) is 0.786. The highest BCUT2D eigenvalue weighted by molar-refractivity contribution is 5.50. The summed E-state index contributed by atoms with van der Waals surface area (Å²) in [6.45, 7) is 4.93. The van der Waals surface area contributed by atoms with Gasteiger partial charge in [-0.2, -0.15) is 13.2 Å². The summed E-state index contributed by atoms with van der Waals surface area (Å²) < 4.78 is 49.7. The highest BCUT2D eigenvalue weighted by Gasteiger charge is 2.29. The zero-order valence-electron chi connectivity index (χ0n) is 17.5. The zero-order chi connectivity index (χ0) is 22.3. The van der Waals surface area contributed by atoms with E-state index in [2.05, 4.69) is 0 Å². The van der Waals surface area contributed by atoms with E-state index < -0.39 is 11.7 Å². The van der Waals surface area contributed by atoms with E-state index >= 15 is 0 Å². The van der Waals surface area contributed by atoms with E-state index in [1.807, 2.05) is 80.6 Å². The van der Waals surface area contributed by atoms with Crippen LogP contribution in [0.15, 0.2) is 84.9 Å². The van der Waals surface area contributed by atoms with Crippen molar-refractivity contribution in [2.45, 2.75) is 26.6 Å². The molecule has 0 unspecified atom stereocenters. The summed E-state index contributed by atoms with van der Waals surface area (Å²) in [6, 6.07) is 22.4. The van der Waals surface area contributed by atoms with Crippen molar-refractivity contribution in [1.82, 2.24) is 0 Å². The van der Waals surface area contributed by atoms with E-state index in [9.17, 15) is 13.2 Å². The third-order valence-corrected chi connectivity index (χ3v) is 4.59. The van der Waals surface area contributed by atoms with Crippen LogP contribution < -0.4 is 4.74 Å². The molecule has 0 radical (unpaired) electrons. The van der Waals surface area contributed by atoms with Crippen molar-refractivity contribution in [2.75, 3.05) is 6.61 Å². The molecule has 0 N–H and O–H groups in total. The second kappa shape index (κ2) is 9.84. The van der Waals surface area contributed by atoms with Crippen LogP contribution in [-0.2, 0) is 17.5 Å². The van der Waals surface area contributed by atoms with Crippen LogP contribution in [0.2, 0.25) is 0 Å². The predicted octanol–water partition coefficient (Wildman–Crippen LogP) is 7.75. The molecule has 3 aromatic carbocycles. The smallest absolute Gasteiger partial charge is 0.416 e. The zero-order valence-corrected chi connectivity index (χ0v) is 17.5. The van der Waals surface area contributed by atoms with Gasteiger partial charge in [-0.1, -0.05) is 68.5 Å². The molecule has 0 amide bonds. The first kappa shape index (κ1) is 22.6. The molecule has 0 atom stereocenters. The number of para-hydroxylation sites is 1. The number of benzene rings is 3. The Bertz CT molecular complexity index is 991. The Labute approximate surface area is 180 Å². The van der Waals surface area contributed by atoms with E-state index in [0.29, 0.717) is 18.8 Å². The Morgan fingerprint density at radius 1 is 0.806 bits per heavy atom. The lowest BCUT2D eigenvalue weighted by Crippen LogP contribution is -2.16. The van der Waals surface area contributed by atoms with Crippen LogP contribution >= 0.6 is 0 Å². The van der Waals surface area contributed by atoms with Crippen LogP contribution in [0, 0.1) is 5.41 Å². The molecule has 0 saturated carbocycles. The Hall–Kier alpha value is -3.05. The molecule has 0 spiro atoms. The summed E-state index contributed by atoms with van der Waals surface area (Å²) in [5.74, 6) is 1.52. The maximum atomic E-state index is 12.7. The van der Waals surface area contributed by atoms with E-state index in [-0.39, 0.29) is 5.41 Å². The van der Waals surface area contributed by atoms with Gasteiger partial charge in [0.1, 0.15) is 11.5 Å². The van der Waals surface area contributed by atoms with Gasteiger partial charge in [-0.05, 0) is 47.5 Å². The second-order valence-corrected chi connectivity index (χ2v) is 8.00. The number of rotatable bonds is 8. The number of hydrogen-bond acceptors (Lipinski definition) is 2. The number of alkyl halides is 3. The maximum absolute atomic E-state index is 12.7. The van der Waals surface area contributed by atoms with E-state index in [4.69, 9.17) is 9.47 Å². The Morgan fingerprint density at radius 3 is 2.16 bits per heavy atom. The Morgan fingerprint density at radius 2 is 1.48 bits per heavy atom. The van der Waals surface area contributed by atoms with Gasteiger partial charge < -0.3 is 9.47 Å². The summed E-state index contributed by atoms with van der Waals surface area (Å²) in [7, 11) is 0. The highest BCUT2D eigenvalue weighted by atomic mass is 19.4.